The van der Waals surface area contributed by atoms with Crippen LogP contribution in [0.4, 0.5) is 35.6 Å². The summed E-state index contributed by atoms with van der Waals surface area (Å²) in [4.78, 5) is 29.2. The van der Waals surface area contributed by atoms with Crippen molar-refractivity contribution in [2.75, 3.05) is 54.1 Å². The Morgan fingerprint density at radius 2 is 1.94 bits per heavy atom. The predicted molar refractivity (Wildman–Crippen MR) is 120 cm³/mol. The van der Waals surface area contributed by atoms with Crippen LogP contribution >= 0.6 is 0 Å². The number of carbonyl (C=O) groups excluding carboxylic acids is 2. The van der Waals surface area contributed by atoms with E-state index in [1.54, 1.807) is 25.7 Å². The van der Waals surface area contributed by atoms with Gasteiger partial charge in [-0.15, -0.1) is 0 Å². The van der Waals surface area contributed by atoms with Gasteiger partial charge in [0.25, 0.3) is 0 Å². The molecule has 188 valence electrons. The zero-order valence-electron chi connectivity index (χ0n) is 19.6. The largest absolute Gasteiger partial charge is 0.443 e. The number of benzene rings is 1. The van der Waals surface area contributed by atoms with Crippen molar-refractivity contribution in [1.29, 1.82) is 0 Å². The summed E-state index contributed by atoms with van der Waals surface area (Å²) in [7, 11) is 0. The Bertz CT molecular complexity index is 1100. The summed E-state index contributed by atoms with van der Waals surface area (Å²) >= 11 is 0. The second-order valence-corrected chi connectivity index (χ2v) is 10.2. The molecule has 0 aliphatic carbocycles. The lowest BCUT2D eigenvalue weighted by Gasteiger charge is -2.56. The molecule has 10 nitrogen and oxygen atoms in total. The zero-order valence-corrected chi connectivity index (χ0v) is 19.6. The van der Waals surface area contributed by atoms with E-state index >= 15 is 0 Å². The van der Waals surface area contributed by atoms with Crippen LogP contribution in [0.15, 0.2) is 29.0 Å². The van der Waals surface area contributed by atoms with Gasteiger partial charge in [0.1, 0.15) is 23.7 Å². The number of halogens is 2. The molecule has 0 radical (unpaired) electrons. The number of cyclic esters (lactones) is 1. The lowest BCUT2D eigenvalue weighted by atomic mass is 9.77. The number of ether oxygens (including phenoxy) is 3. The summed E-state index contributed by atoms with van der Waals surface area (Å²) < 4.78 is 50.7. The van der Waals surface area contributed by atoms with Crippen molar-refractivity contribution in [2.24, 2.45) is 5.41 Å². The van der Waals surface area contributed by atoms with Crippen molar-refractivity contribution in [3.05, 3.63) is 36.1 Å². The van der Waals surface area contributed by atoms with Gasteiger partial charge in [0.2, 0.25) is 0 Å². The van der Waals surface area contributed by atoms with Gasteiger partial charge in [-0.05, 0) is 20.8 Å². The second kappa shape index (κ2) is 8.36. The lowest BCUT2D eigenvalue weighted by molar-refractivity contribution is -0.127. The fraction of sp³-hybridized carbons (Fsp3) is 0.522. The highest BCUT2D eigenvalue weighted by Gasteiger charge is 2.50. The Balaban J connectivity index is 1.29. The van der Waals surface area contributed by atoms with Gasteiger partial charge >= 0.3 is 12.2 Å². The van der Waals surface area contributed by atoms with E-state index < -0.39 is 35.5 Å². The number of nitrogens with zero attached hydrogens (tertiary/aromatic N) is 4. The molecule has 2 amide bonds. The van der Waals surface area contributed by atoms with Crippen LogP contribution in [0.1, 0.15) is 20.8 Å². The third-order valence-corrected chi connectivity index (χ3v) is 6.07. The summed E-state index contributed by atoms with van der Waals surface area (Å²) in [5.41, 5.74) is -0.857. The molecule has 3 saturated heterocycles. The van der Waals surface area contributed by atoms with Gasteiger partial charge in [-0.25, -0.2) is 18.4 Å². The smallest absolute Gasteiger partial charge is 0.416 e. The molecule has 12 heteroatoms. The average Bonchev–Trinajstić information content (AvgIpc) is 3.34. The van der Waals surface area contributed by atoms with E-state index in [1.165, 1.54) is 17.2 Å². The fourth-order valence-electron chi connectivity index (χ4n) is 4.46. The number of hydrogen-bond donors (Lipinski definition) is 0. The summed E-state index contributed by atoms with van der Waals surface area (Å²) in [5, 5.41) is 3.77. The zero-order chi connectivity index (χ0) is 25.0. The topological polar surface area (TPSA) is 97.6 Å². The minimum absolute atomic E-state index is 0.00656. The maximum absolute atomic E-state index is 14.9. The quantitative estimate of drug-likeness (QED) is 0.625. The molecule has 4 heterocycles. The molecule has 0 N–H and O–H groups in total. The highest BCUT2D eigenvalue weighted by atomic mass is 19.1. The second-order valence-electron chi connectivity index (χ2n) is 10.2. The highest BCUT2D eigenvalue weighted by Crippen LogP contribution is 2.42. The number of carbonyl (C=O) groups is 2. The molecule has 1 aromatic heterocycles. The highest BCUT2D eigenvalue weighted by molar-refractivity contribution is 5.91. The van der Waals surface area contributed by atoms with Crippen molar-refractivity contribution in [2.45, 2.75) is 32.5 Å². The van der Waals surface area contributed by atoms with Gasteiger partial charge in [-0.1, -0.05) is 5.16 Å². The maximum Gasteiger partial charge on any atom is 0.416 e. The molecule has 35 heavy (non-hydrogen) atoms. The Kier molecular flexibility index (Phi) is 5.58. The average molecular weight is 492 g/mol. The molecule has 0 saturated carbocycles. The number of hydrogen-bond acceptors (Lipinski definition) is 8. The molecule has 0 bridgehead atoms. The van der Waals surface area contributed by atoms with Crippen LogP contribution in [0.25, 0.3) is 0 Å². The first-order valence-electron chi connectivity index (χ1n) is 11.2. The van der Waals surface area contributed by atoms with Crippen LogP contribution in [0, 0.1) is 17.0 Å². The molecular formula is C23H26F2N4O6. The molecule has 3 aliphatic rings. The predicted octanol–water partition coefficient (Wildman–Crippen LogP) is 3.56. The molecule has 1 aromatic carbocycles. The van der Waals surface area contributed by atoms with E-state index in [9.17, 15) is 18.4 Å². The number of amides is 2. The van der Waals surface area contributed by atoms with E-state index in [0.29, 0.717) is 26.3 Å². The van der Waals surface area contributed by atoms with Crippen molar-refractivity contribution >= 4 is 29.4 Å². The van der Waals surface area contributed by atoms with Crippen LogP contribution < -0.4 is 14.7 Å². The third kappa shape index (κ3) is 4.49. The molecule has 3 aliphatic heterocycles. The van der Waals surface area contributed by atoms with Gasteiger partial charge in [-0.3, -0.25) is 9.80 Å². The van der Waals surface area contributed by atoms with Crippen molar-refractivity contribution in [1.82, 2.24) is 5.16 Å². The third-order valence-electron chi connectivity index (χ3n) is 6.07. The summed E-state index contributed by atoms with van der Waals surface area (Å²) in [5.74, 6) is -1.34. The standard InChI is InChI=1S/C23H26F2N4O6/c1-22(2,3)35-21(31)29(18-4-5-33-26-18)9-15-8-28(20(30)34-15)14-6-16(24)19(17(25)7-14)27-10-23(11-27)12-32-13-23/h4-7,15H,8-13H2,1-3H3/t15-/m1/s1. The van der Waals surface area contributed by atoms with Crippen LogP contribution in [-0.2, 0) is 14.2 Å². The number of aromatic nitrogens is 1. The molecular weight excluding hydrogens is 466 g/mol. The Morgan fingerprint density at radius 1 is 1.26 bits per heavy atom. The molecule has 1 spiro atoms. The molecule has 5 rings (SSSR count). The Morgan fingerprint density at radius 3 is 2.49 bits per heavy atom. The Labute approximate surface area is 200 Å². The van der Waals surface area contributed by atoms with Crippen molar-refractivity contribution < 1.29 is 37.1 Å². The summed E-state index contributed by atoms with van der Waals surface area (Å²) in [6.07, 6.45) is -0.983. The van der Waals surface area contributed by atoms with E-state index in [2.05, 4.69) is 5.16 Å². The minimum atomic E-state index is -0.800. The molecule has 0 unspecified atom stereocenters. The molecule has 1 atom stereocenters. The first-order chi connectivity index (χ1) is 16.5. The van der Waals surface area contributed by atoms with E-state index in [0.717, 1.165) is 17.0 Å². The van der Waals surface area contributed by atoms with Crippen LogP contribution in [-0.4, -0.2) is 68.4 Å². The van der Waals surface area contributed by atoms with E-state index in [-0.39, 0.29) is 35.7 Å². The normalized spacial score (nSPS) is 20.9. The summed E-state index contributed by atoms with van der Waals surface area (Å²) in [6.45, 7) is 7.28. The van der Waals surface area contributed by atoms with Crippen LogP contribution in [0.5, 0.6) is 0 Å². The van der Waals surface area contributed by atoms with Gasteiger partial charge in [0.05, 0.1) is 37.4 Å². The van der Waals surface area contributed by atoms with E-state index in [4.69, 9.17) is 18.7 Å². The molecule has 3 fully saturated rings. The first kappa shape index (κ1) is 23.3. The summed E-state index contributed by atoms with van der Waals surface area (Å²) in [6, 6.07) is 3.71. The monoisotopic (exact) mass is 492 g/mol. The number of anilines is 3. The van der Waals surface area contributed by atoms with Crippen LogP contribution in [0.3, 0.4) is 0 Å². The number of rotatable bonds is 5. The van der Waals surface area contributed by atoms with E-state index in [1.807, 2.05) is 0 Å². The maximum atomic E-state index is 14.9. The minimum Gasteiger partial charge on any atom is -0.443 e. The van der Waals surface area contributed by atoms with Crippen molar-refractivity contribution in [3.63, 3.8) is 0 Å². The molecule has 2 aromatic rings. The van der Waals surface area contributed by atoms with Gasteiger partial charge in [-0.2, -0.15) is 0 Å². The lowest BCUT2D eigenvalue weighted by Crippen LogP contribution is -2.66. The fourth-order valence-corrected chi connectivity index (χ4v) is 4.46. The van der Waals surface area contributed by atoms with Crippen molar-refractivity contribution in [3.8, 4) is 0 Å². The van der Waals surface area contributed by atoms with Gasteiger partial charge in [0, 0.05) is 31.3 Å². The van der Waals surface area contributed by atoms with Gasteiger partial charge in [0.15, 0.2) is 17.5 Å². The van der Waals surface area contributed by atoms with Crippen LogP contribution in [0.2, 0.25) is 0 Å². The SMILES string of the molecule is CC(C)(C)OC(=O)N(C[C@H]1CN(c2cc(F)c(N3CC4(COC4)C3)c(F)c2)C(=O)O1)c1ccon1. The van der Waals surface area contributed by atoms with Gasteiger partial charge < -0.3 is 23.6 Å². The Hall–Kier alpha value is -3.41. The first-order valence-corrected chi connectivity index (χ1v) is 11.2.